The van der Waals surface area contributed by atoms with Gasteiger partial charge in [-0.3, -0.25) is 0 Å². The Kier molecular flexibility index (Phi) is 5.85. The van der Waals surface area contributed by atoms with E-state index in [2.05, 4.69) is 47.1 Å². The highest BCUT2D eigenvalue weighted by atomic mass is 16.3. The van der Waals surface area contributed by atoms with Crippen LogP contribution in [0.15, 0.2) is 66.9 Å². The first kappa shape index (κ1) is 23.8. The normalized spacial score (nSPS) is 18.1. The molecule has 40 heavy (non-hydrogen) atoms. The number of nitrogens with zero attached hydrogens (tertiary/aromatic N) is 9. The zero-order chi connectivity index (χ0) is 27.1. The zero-order valence-electron chi connectivity index (χ0n) is 21.6. The second-order valence-corrected chi connectivity index (χ2v) is 9.99. The van der Waals surface area contributed by atoms with Crippen molar-refractivity contribution in [2.45, 2.75) is 31.5 Å². The highest BCUT2D eigenvalue weighted by Gasteiger charge is 2.41. The van der Waals surface area contributed by atoms with Gasteiger partial charge in [0, 0.05) is 36.9 Å². The molecule has 0 aliphatic carbocycles. The van der Waals surface area contributed by atoms with Gasteiger partial charge in [-0.25, -0.2) is 14.6 Å². The molecule has 2 aliphatic rings. The summed E-state index contributed by atoms with van der Waals surface area (Å²) in [5, 5.41) is 27.1. The van der Waals surface area contributed by atoms with E-state index < -0.39 is 0 Å². The molecule has 3 N–H and O–H groups in total. The van der Waals surface area contributed by atoms with Gasteiger partial charge in [0.05, 0.1) is 16.9 Å². The number of phenols is 1. The molecule has 0 saturated carbocycles. The molecule has 2 unspecified atom stereocenters. The quantitative estimate of drug-likeness (QED) is 0.334. The number of nitrogens with two attached hydrogens (primary N) is 1. The van der Waals surface area contributed by atoms with Gasteiger partial charge in [0.25, 0.3) is 0 Å². The number of piperazine rings is 1. The number of benzene rings is 2. The summed E-state index contributed by atoms with van der Waals surface area (Å²) in [5.41, 5.74) is 10.1. The van der Waals surface area contributed by atoms with Crippen LogP contribution in [0.3, 0.4) is 0 Å². The minimum Gasteiger partial charge on any atom is -0.507 e. The lowest BCUT2D eigenvalue weighted by Gasteiger charge is -2.42. The molecule has 2 aromatic carbocycles. The number of hydrogen-bond donors (Lipinski definition) is 2. The smallest absolute Gasteiger partial charge is 0.206 e. The SMILES string of the molecule is Nc1nnc(-c2ccccc2O)cc1N1CC2CCC(C1)N2c1ccnc(C#CCn2nnc3ccccc32)n1. The number of rotatable bonds is 4. The fourth-order valence-electron chi connectivity index (χ4n) is 5.72. The molecule has 2 bridgehead atoms. The van der Waals surface area contributed by atoms with Crippen LogP contribution in [-0.2, 0) is 6.54 Å². The van der Waals surface area contributed by atoms with E-state index in [-0.39, 0.29) is 17.8 Å². The lowest BCUT2D eigenvalue weighted by atomic mass is 10.1. The number of aromatic hydroxyl groups is 1. The third kappa shape index (κ3) is 4.29. The van der Waals surface area contributed by atoms with E-state index in [1.807, 2.05) is 48.5 Å². The van der Waals surface area contributed by atoms with Gasteiger partial charge in [-0.15, -0.1) is 15.3 Å². The van der Waals surface area contributed by atoms with E-state index in [1.54, 1.807) is 23.0 Å². The average molecular weight is 531 g/mol. The second-order valence-electron chi connectivity index (χ2n) is 9.99. The average Bonchev–Trinajstić information content (AvgIpc) is 3.51. The van der Waals surface area contributed by atoms with Gasteiger partial charge < -0.3 is 20.6 Å². The van der Waals surface area contributed by atoms with Crippen LogP contribution in [0, 0.1) is 11.8 Å². The molecule has 5 heterocycles. The largest absolute Gasteiger partial charge is 0.507 e. The Morgan fingerprint density at radius 3 is 2.60 bits per heavy atom. The first-order valence-electron chi connectivity index (χ1n) is 13.2. The highest BCUT2D eigenvalue weighted by molar-refractivity contribution is 5.75. The zero-order valence-corrected chi connectivity index (χ0v) is 21.6. The summed E-state index contributed by atoms with van der Waals surface area (Å²) in [6, 6.07) is 19.3. The van der Waals surface area contributed by atoms with Gasteiger partial charge in [0.2, 0.25) is 5.82 Å². The molecule has 2 saturated heterocycles. The number of anilines is 3. The van der Waals surface area contributed by atoms with Gasteiger partial charge in [-0.2, -0.15) is 0 Å². The second kappa shape index (κ2) is 9.81. The van der Waals surface area contributed by atoms with Crippen molar-refractivity contribution in [3.63, 3.8) is 0 Å². The Bertz CT molecular complexity index is 1760. The molecule has 11 heteroatoms. The van der Waals surface area contributed by atoms with E-state index >= 15 is 0 Å². The van der Waals surface area contributed by atoms with E-state index in [1.165, 1.54) is 0 Å². The number of para-hydroxylation sites is 2. The van der Waals surface area contributed by atoms with Crippen LogP contribution in [0.2, 0.25) is 0 Å². The monoisotopic (exact) mass is 530 g/mol. The molecule has 2 fully saturated rings. The maximum Gasteiger partial charge on any atom is 0.206 e. The Balaban J connectivity index is 1.10. The van der Waals surface area contributed by atoms with Crippen molar-refractivity contribution in [3.05, 3.63) is 72.7 Å². The van der Waals surface area contributed by atoms with E-state index in [0.717, 1.165) is 48.5 Å². The molecule has 11 nitrogen and oxygen atoms in total. The van der Waals surface area contributed by atoms with Crippen LogP contribution in [0.4, 0.5) is 17.3 Å². The van der Waals surface area contributed by atoms with Gasteiger partial charge in [-0.1, -0.05) is 35.4 Å². The number of aromatic nitrogens is 7. The Hall–Kier alpha value is -5.24. The lowest BCUT2D eigenvalue weighted by Crippen LogP contribution is -2.54. The van der Waals surface area contributed by atoms with Crippen LogP contribution < -0.4 is 15.5 Å². The molecule has 198 valence electrons. The maximum absolute atomic E-state index is 10.3. The van der Waals surface area contributed by atoms with Crippen molar-refractivity contribution in [1.29, 1.82) is 0 Å². The van der Waals surface area contributed by atoms with Crippen molar-refractivity contribution >= 4 is 28.4 Å². The van der Waals surface area contributed by atoms with E-state index in [4.69, 9.17) is 10.7 Å². The van der Waals surface area contributed by atoms with Crippen molar-refractivity contribution in [2.24, 2.45) is 0 Å². The third-order valence-electron chi connectivity index (χ3n) is 7.56. The molecular formula is C29H26N10O. The summed E-state index contributed by atoms with van der Waals surface area (Å²) in [5.74, 6) is 8.14. The van der Waals surface area contributed by atoms with Crippen LogP contribution >= 0.6 is 0 Å². The van der Waals surface area contributed by atoms with E-state index in [0.29, 0.717) is 29.4 Å². The summed E-state index contributed by atoms with van der Waals surface area (Å²) in [6.45, 7) is 1.95. The summed E-state index contributed by atoms with van der Waals surface area (Å²) in [4.78, 5) is 13.9. The van der Waals surface area contributed by atoms with Gasteiger partial charge in [0.1, 0.15) is 23.6 Å². The van der Waals surface area contributed by atoms with Crippen LogP contribution in [0.25, 0.3) is 22.3 Å². The van der Waals surface area contributed by atoms with Crippen molar-refractivity contribution < 1.29 is 5.11 Å². The molecule has 2 atom stereocenters. The lowest BCUT2D eigenvalue weighted by molar-refractivity contribution is 0.477. The Morgan fingerprint density at radius 2 is 1.75 bits per heavy atom. The van der Waals surface area contributed by atoms with Gasteiger partial charge >= 0.3 is 0 Å². The first-order valence-corrected chi connectivity index (χ1v) is 13.2. The molecular weight excluding hydrogens is 504 g/mol. The summed E-state index contributed by atoms with van der Waals surface area (Å²) >= 11 is 0. The van der Waals surface area contributed by atoms with Crippen LogP contribution in [0.1, 0.15) is 18.7 Å². The highest BCUT2D eigenvalue weighted by Crippen LogP contribution is 2.38. The summed E-state index contributed by atoms with van der Waals surface area (Å²) < 4.78 is 1.77. The van der Waals surface area contributed by atoms with Crippen molar-refractivity contribution in [3.8, 4) is 28.8 Å². The molecule has 5 aromatic rings. The molecule has 3 aromatic heterocycles. The number of hydrogen-bond acceptors (Lipinski definition) is 10. The van der Waals surface area contributed by atoms with Crippen LogP contribution in [-0.4, -0.2) is 65.4 Å². The first-order chi connectivity index (χ1) is 19.6. The molecule has 0 amide bonds. The molecule has 0 spiro atoms. The van der Waals surface area contributed by atoms with E-state index in [9.17, 15) is 5.11 Å². The van der Waals surface area contributed by atoms with Crippen molar-refractivity contribution in [2.75, 3.05) is 28.6 Å². The fraction of sp³-hybridized carbons (Fsp3) is 0.241. The number of fused-ring (bicyclic) bond motifs is 3. The third-order valence-corrected chi connectivity index (χ3v) is 7.56. The van der Waals surface area contributed by atoms with Gasteiger partial charge in [-0.05, 0) is 55.2 Å². The Morgan fingerprint density at radius 1 is 0.950 bits per heavy atom. The molecule has 7 rings (SSSR count). The van der Waals surface area contributed by atoms with Crippen molar-refractivity contribution in [1.82, 2.24) is 35.2 Å². The molecule has 0 radical (unpaired) electrons. The number of phenolic OH excluding ortho intramolecular Hbond substituents is 1. The van der Waals surface area contributed by atoms with Gasteiger partial charge in [0.15, 0.2) is 5.82 Å². The molecule has 2 aliphatic heterocycles. The topological polar surface area (TPSA) is 135 Å². The fourth-order valence-corrected chi connectivity index (χ4v) is 5.72. The maximum atomic E-state index is 10.3. The predicted molar refractivity (Wildman–Crippen MR) is 151 cm³/mol. The summed E-state index contributed by atoms with van der Waals surface area (Å²) in [7, 11) is 0. The van der Waals surface area contributed by atoms with Crippen LogP contribution in [0.5, 0.6) is 5.75 Å². The Labute approximate surface area is 230 Å². The standard InChI is InChI=1S/C29H26N10O/c30-29-25(16-23(33-35-29)21-6-1-4-9-26(21)40)37-17-19-11-12-20(18-37)39(19)28-13-14-31-27(32-28)10-5-15-38-24-8-3-2-7-22(24)34-36-38/h1-4,6-9,13-14,16,19-20,40H,11-12,15,17-18H2,(H2,30,35). The predicted octanol–water partition coefficient (Wildman–Crippen LogP) is 2.88. The minimum absolute atomic E-state index is 0.162. The number of nitrogen functional groups attached to an aromatic ring is 1. The summed E-state index contributed by atoms with van der Waals surface area (Å²) in [6.07, 6.45) is 3.87. The minimum atomic E-state index is 0.162.